The predicted molar refractivity (Wildman–Crippen MR) is 207 cm³/mol. The number of carbonyl (C=O) groups is 5. The van der Waals surface area contributed by atoms with Gasteiger partial charge in [0.2, 0.25) is 5.91 Å². The number of fused-ring (bicyclic) bond motifs is 1. The quantitative estimate of drug-likeness (QED) is 0.0943. The minimum absolute atomic E-state index is 0.00482. The third-order valence-corrected chi connectivity index (χ3v) is 11.2. The van der Waals surface area contributed by atoms with E-state index in [-0.39, 0.29) is 37.5 Å². The molecule has 308 valence electrons. The molecule has 2 saturated heterocycles. The number of nitro groups is 1. The second kappa shape index (κ2) is 16.7. The number of ether oxygens (including phenoxy) is 4. The van der Waals surface area contributed by atoms with E-state index in [4.69, 9.17) is 18.9 Å². The van der Waals surface area contributed by atoms with E-state index in [2.05, 4.69) is 0 Å². The number of imide groups is 1. The molecule has 0 bridgehead atoms. The van der Waals surface area contributed by atoms with Gasteiger partial charge >= 0.3 is 18.2 Å². The summed E-state index contributed by atoms with van der Waals surface area (Å²) in [5.41, 5.74) is -0.911. The molecule has 1 N–H and O–H groups in total. The van der Waals surface area contributed by atoms with Crippen LogP contribution in [0.3, 0.4) is 0 Å². The van der Waals surface area contributed by atoms with Crippen molar-refractivity contribution in [2.75, 3.05) is 13.7 Å². The number of thioether (sulfide) groups is 1. The SMILES string of the molecule is COc1ccc(CN(C(=O)OC(C)(C)C)C(=O)[C@@H]2C[C@H](SC3=C(C(=O)OCc4ccc([N+](=O)[O-])cc4)N4C(=O)[C@H]([C@@H](C)O)[C@H]4[C@H]3C)CN2C(=O)OC(C)(C)C)cc1. The fraction of sp³-hybridized carbons (Fsp3) is 0.525. The molecule has 0 spiro atoms. The van der Waals surface area contributed by atoms with Gasteiger partial charge in [-0.2, -0.15) is 0 Å². The molecular weight excluding hydrogens is 761 g/mol. The molecule has 3 heterocycles. The van der Waals surface area contributed by atoms with Crippen LogP contribution in [0.5, 0.6) is 5.75 Å². The van der Waals surface area contributed by atoms with Crippen molar-refractivity contribution in [3.63, 3.8) is 0 Å². The van der Waals surface area contributed by atoms with Gasteiger partial charge in [-0.05, 0) is 90.3 Å². The maximum absolute atomic E-state index is 14.6. The number of non-ortho nitro benzene ring substituents is 1. The molecule has 57 heavy (non-hydrogen) atoms. The number of hydrogen-bond acceptors (Lipinski definition) is 13. The molecule has 2 aromatic rings. The van der Waals surface area contributed by atoms with Crippen molar-refractivity contribution in [3.05, 3.63) is 80.4 Å². The van der Waals surface area contributed by atoms with Crippen LogP contribution in [-0.2, 0) is 41.7 Å². The molecule has 17 heteroatoms. The fourth-order valence-corrected chi connectivity index (χ4v) is 8.58. The Morgan fingerprint density at radius 2 is 1.58 bits per heavy atom. The number of aliphatic hydroxyl groups excluding tert-OH is 1. The topological polar surface area (TPSA) is 195 Å². The Labute approximate surface area is 335 Å². The average Bonchev–Trinajstić information content (AvgIpc) is 3.65. The van der Waals surface area contributed by atoms with Crippen molar-refractivity contribution in [1.29, 1.82) is 0 Å². The summed E-state index contributed by atoms with van der Waals surface area (Å²) >= 11 is 1.23. The van der Waals surface area contributed by atoms with Crippen molar-refractivity contribution in [1.82, 2.24) is 14.7 Å². The summed E-state index contributed by atoms with van der Waals surface area (Å²) in [6, 6.07) is 10.6. The first kappa shape index (κ1) is 43.0. The number of benzene rings is 2. The molecule has 16 nitrogen and oxygen atoms in total. The standard InChI is InChI=1S/C40H50N4O12S/c1-22-31-30(23(2)45)35(47)43(31)32(36(48)54-21-25-10-14-26(15-11-25)44(51)52)33(22)57-28-18-29(41(20-28)37(49)55-39(3,4)5)34(46)42(38(50)56-40(6,7)8)19-24-12-16-27(53-9)17-13-24/h10-17,22-23,28-31,45H,18-21H2,1-9H3/t22-,23-,28+,29+,30-,31-/m1/s1. The summed E-state index contributed by atoms with van der Waals surface area (Å²) < 4.78 is 22.3. The van der Waals surface area contributed by atoms with Gasteiger partial charge in [-0.15, -0.1) is 11.8 Å². The Kier molecular flexibility index (Phi) is 12.6. The maximum atomic E-state index is 14.6. The van der Waals surface area contributed by atoms with E-state index in [1.54, 1.807) is 65.8 Å². The summed E-state index contributed by atoms with van der Waals surface area (Å²) in [5, 5.41) is 21.1. The van der Waals surface area contributed by atoms with Gasteiger partial charge in [0, 0.05) is 34.8 Å². The number of rotatable bonds is 11. The Balaban J connectivity index is 1.47. The van der Waals surface area contributed by atoms with Crippen LogP contribution in [0.25, 0.3) is 0 Å². The number of aliphatic hydroxyl groups is 1. The summed E-state index contributed by atoms with van der Waals surface area (Å²) in [6.07, 6.45) is -2.63. The number of likely N-dealkylation sites (tertiary alicyclic amines) is 1. The zero-order valence-corrected chi connectivity index (χ0v) is 34.4. The summed E-state index contributed by atoms with van der Waals surface area (Å²) in [5.74, 6) is -2.58. The number of nitro benzene ring substituents is 1. The van der Waals surface area contributed by atoms with Crippen LogP contribution in [0.4, 0.5) is 15.3 Å². The zero-order chi connectivity index (χ0) is 42.1. The van der Waals surface area contributed by atoms with E-state index in [0.29, 0.717) is 21.8 Å². The van der Waals surface area contributed by atoms with Gasteiger partial charge in [-0.3, -0.25) is 24.6 Å². The van der Waals surface area contributed by atoms with Gasteiger partial charge in [0.25, 0.3) is 11.6 Å². The van der Waals surface area contributed by atoms with E-state index in [0.717, 1.165) is 4.90 Å². The molecule has 3 aliphatic rings. The monoisotopic (exact) mass is 810 g/mol. The minimum Gasteiger partial charge on any atom is -0.497 e. The highest BCUT2D eigenvalue weighted by atomic mass is 32.2. The second-order valence-corrected chi connectivity index (χ2v) is 17.7. The third kappa shape index (κ3) is 9.70. The number of hydrogen-bond donors (Lipinski definition) is 1. The molecule has 2 aromatic carbocycles. The Morgan fingerprint density at radius 1 is 0.982 bits per heavy atom. The summed E-state index contributed by atoms with van der Waals surface area (Å²) in [6.45, 7) is 13.0. The number of methoxy groups -OCH3 is 1. The molecule has 6 atom stereocenters. The first-order valence-electron chi connectivity index (χ1n) is 18.6. The van der Waals surface area contributed by atoms with Crippen molar-refractivity contribution < 1.29 is 52.9 Å². The van der Waals surface area contributed by atoms with Crippen LogP contribution >= 0.6 is 11.8 Å². The van der Waals surface area contributed by atoms with Crippen molar-refractivity contribution in [3.8, 4) is 5.75 Å². The lowest BCUT2D eigenvalue weighted by Crippen LogP contribution is -2.63. The molecular formula is C40H50N4O12S. The molecule has 0 saturated carbocycles. The smallest absolute Gasteiger partial charge is 0.417 e. The maximum Gasteiger partial charge on any atom is 0.417 e. The lowest BCUT2D eigenvalue weighted by atomic mass is 9.79. The Bertz CT molecular complexity index is 1920. The van der Waals surface area contributed by atoms with Crippen LogP contribution in [0.2, 0.25) is 0 Å². The normalized spacial score (nSPS) is 22.4. The van der Waals surface area contributed by atoms with E-state index in [1.165, 1.54) is 59.9 Å². The molecule has 4 amide bonds. The number of amides is 4. The zero-order valence-electron chi connectivity index (χ0n) is 33.5. The van der Waals surface area contributed by atoms with Gasteiger partial charge < -0.3 is 29.0 Å². The first-order chi connectivity index (χ1) is 26.6. The minimum atomic E-state index is -1.18. The largest absolute Gasteiger partial charge is 0.497 e. The highest BCUT2D eigenvalue weighted by Crippen LogP contribution is 2.52. The van der Waals surface area contributed by atoms with Crippen molar-refractivity contribution in [2.24, 2.45) is 11.8 Å². The van der Waals surface area contributed by atoms with Crippen molar-refractivity contribution >= 4 is 47.4 Å². The second-order valence-electron chi connectivity index (χ2n) is 16.3. The predicted octanol–water partition coefficient (Wildman–Crippen LogP) is 5.79. The van der Waals surface area contributed by atoms with Crippen LogP contribution < -0.4 is 4.74 Å². The van der Waals surface area contributed by atoms with Crippen molar-refractivity contribution in [2.45, 2.75) is 110 Å². The number of nitrogens with zero attached hydrogens (tertiary/aromatic N) is 4. The lowest BCUT2D eigenvalue weighted by molar-refractivity contribution is -0.384. The average molecular weight is 811 g/mol. The van der Waals surface area contributed by atoms with Gasteiger partial charge in [0.1, 0.15) is 35.3 Å². The van der Waals surface area contributed by atoms with Crippen LogP contribution in [0.1, 0.15) is 72.9 Å². The van der Waals surface area contributed by atoms with Gasteiger partial charge in [0.15, 0.2) is 0 Å². The van der Waals surface area contributed by atoms with E-state index < -0.39 is 81.4 Å². The van der Waals surface area contributed by atoms with Crippen LogP contribution in [0.15, 0.2) is 59.1 Å². The summed E-state index contributed by atoms with van der Waals surface area (Å²) in [7, 11) is 1.52. The molecule has 0 aliphatic carbocycles. The first-order valence-corrected chi connectivity index (χ1v) is 19.5. The van der Waals surface area contributed by atoms with Crippen LogP contribution in [-0.4, -0.2) is 103 Å². The molecule has 2 fully saturated rings. The number of β-lactam (4-membered cyclic amide) rings is 1. The molecule has 3 aliphatic heterocycles. The highest BCUT2D eigenvalue weighted by Gasteiger charge is 2.61. The summed E-state index contributed by atoms with van der Waals surface area (Å²) in [4.78, 5) is 84.0. The third-order valence-electron chi connectivity index (χ3n) is 9.67. The lowest BCUT2D eigenvalue weighted by Gasteiger charge is -2.46. The molecule has 0 aromatic heterocycles. The van der Waals surface area contributed by atoms with E-state index in [9.17, 15) is 39.2 Å². The molecule has 5 rings (SSSR count). The highest BCUT2D eigenvalue weighted by molar-refractivity contribution is 8.03. The Hall–Kier alpha value is -5.16. The van der Waals surface area contributed by atoms with Gasteiger partial charge in [-0.1, -0.05) is 19.1 Å². The molecule has 0 unspecified atom stereocenters. The van der Waals surface area contributed by atoms with Crippen LogP contribution in [0, 0.1) is 22.0 Å². The van der Waals surface area contributed by atoms with E-state index in [1.807, 2.05) is 6.92 Å². The number of esters is 1. The van der Waals surface area contributed by atoms with Gasteiger partial charge in [-0.25, -0.2) is 19.3 Å². The van der Waals surface area contributed by atoms with E-state index >= 15 is 0 Å². The van der Waals surface area contributed by atoms with Gasteiger partial charge in [0.05, 0.1) is 36.6 Å². The Morgan fingerprint density at radius 3 is 2.12 bits per heavy atom. The fourth-order valence-electron chi connectivity index (χ4n) is 7.06. The number of carbonyl (C=O) groups excluding carboxylic acids is 5. The molecule has 0 radical (unpaired) electrons.